The Bertz CT molecular complexity index is 1750. The number of unbranched alkanes of at least 4 members (excludes halogenated alkanes) is 1. The molecule has 4 aromatic carbocycles. The number of carbonyl (C=O) groups excluding carboxylic acids is 2. The Kier molecular flexibility index (Phi) is 12.4. The molecule has 0 aliphatic carbocycles. The molecule has 0 saturated heterocycles. The second kappa shape index (κ2) is 16.4. The number of aryl methyl sites for hydroxylation is 1. The van der Waals surface area contributed by atoms with Crippen LogP contribution in [-0.2, 0) is 32.6 Å². The number of nitrogens with one attached hydrogen (secondary N) is 1. The lowest BCUT2D eigenvalue weighted by Gasteiger charge is -2.34. The summed E-state index contributed by atoms with van der Waals surface area (Å²) in [4.78, 5) is 29.7. The molecule has 4 aromatic rings. The van der Waals surface area contributed by atoms with Crippen molar-refractivity contribution in [1.29, 1.82) is 0 Å². The highest BCUT2D eigenvalue weighted by molar-refractivity contribution is 7.92. The lowest BCUT2D eigenvalue weighted by Crippen LogP contribution is -2.53. The fourth-order valence-corrected chi connectivity index (χ4v) is 6.68. The van der Waals surface area contributed by atoms with Crippen LogP contribution in [0.2, 0.25) is 5.02 Å². The first-order chi connectivity index (χ1) is 22.5. The topological polar surface area (TPSA) is 96.0 Å². The van der Waals surface area contributed by atoms with Gasteiger partial charge in [0.25, 0.3) is 10.0 Å². The standard InChI is InChI=1S/C36H39ClFN3O5S/c1-4-5-21-39-36(43)33(22-27-9-7-6-8-10-27)40(24-28-13-15-29(38)16-14-28)35(42)25-41(30-17-20-34(46-3)32(37)23-30)47(44,45)31-18-11-26(2)12-19-31/h6-20,23,33H,4-5,21-22,24-25H2,1-3H3,(H,39,43). The largest absolute Gasteiger partial charge is 0.495 e. The second-order valence-electron chi connectivity index (χ2n) is 11.1. The molecule has 0 aliphatic heterocycles. The second-order valence-corrected chi connectivity index (χ2v) is 13.4. The van der Waals surface area contributed by atoms with E-state index in [0.29, 0.717) is 17.9 Å². The van der Waals surface area contributed by atoms with Gasteiger partial charge in [0.05, 0.1) is 22.7 Å². The van der Waals surface area contributed by atoms with Crippen LogP contribution >= 0.6 is 11.6 Å². The summed E-state index contributed by atoms with van der Waals surface area (Å²) in [6, 6.07) is 24.6. The van der Waals surface area contributed by atoms with Crippen molar-refractivity contribution in [3.05, 3.63) is 125 Å². The van der Waals surface area contributed by atoms with Crippen molar-refractivity contribution in [2.45, 2.75) is 50.6 Å². The number of amides is 2. The van der Waals surface area contributed by atoms with Crippen LogP contribution in [0.4, 0.5) is 10.1 Å². The Hall–Kier alpha value is -4.41. The molecular formula is C36H39ClFN3O5S. The van der Waals surface area contributed by atoms with Gasteiger partial charge in [-0.15, -0.1) is 0 Å². The Morgan fingerprint density at radius 1 is 0.936 bits per heavy atom. The first kappa shape index (κ1) is 35.4. The van der Waals surface area contributed by atoms with Crippen molar-refractivity contribution in [2.24, 2.45) is 0 Å². The maximum absolute atomic E-state index is 14.5. The number of methoxy groups -OCH3 is 1. The number of nitrogens with zero attached hydrogens (tertiary/aromatic N) is 2. The van der Waals surface area contributed by atoms with Crippen LogP contribution in [-0.4, -0.2) is 51.4 Å². The van der Waals surface area contributed by atoms with Gasteiger partial charge in [-0.25, -0.2) is 12.8 Å². The van der Waals surface area contributed by atoms with Gasteiger partial charge in [-0.1, -0.05) is 85.1 Å². The summed E-state index contributed by atoms with van der Waals surface area (Å²) < 4.78 is 48.5. The van der Waals surface area contributed by atoms with Crippen LogP contribution in [0.15, 0.2) is 102 Å². The molecule has 248 valence electrons. The van der Waals surface area contributed by atoms with E-state index in [1.807, 2.05) is 44.2 Å². The highest BCUT2D eigenvalue weighted by Crippen LogP contribution is 2.32. The number of rotatable bonds is 15. The molecule has 0 aliphatic rings. The Morgan fingerprint density at radius 3 is 2.23 bits per heavy atom. The first-order valence-electron chi connectivity index (χ1n) is 15.3. The summed E-state index contributed by atoms with van der Waals surface area (Å²) in [5.41, 5.74) is 2.38. The van der Waals surface area contributed by atoms with Crippen molar-refractivity contribution in [1.82, 2.24) is 10.2 Å². The number of benzene rings is 4. The average molecular weight is 680 g/mol. The van der Waals surface area contributed by atoms with E-state index >= 15 is 0 Å². The van der Waals surface area contributed by atoms with E-state index in [4.69, 9.17) is 16.3 Å². The van der Waals surface area contributed by atoms with Crippen LogP contribution in [0.3, 0.4) is 0 Å². The van der Waals surface area contributed by atoms with Crippen molar-refractivity contribution in [2.75, 3.05) is 24.5 Å². The predicted molar refractivity (Wildman–Crippen MR) is 183 cm³/mol. The summed E-state index contributed by atoms with van der Waals surface area (Å²) in [5.74, 6) is -1.13. The minimum Gasteiger partial charge on any atom is -0.495 e. The van der Waals surface area contributed by atoms with Gasteiger partial charge in [-0.3, -0.25) is 13.9 Å². The number of sulfonamides is 1. The molecule has 47 heavy (non-hydrogen) atoms. The number of hydrogen-bond acceptors (Lipinski definition) is 5. The van der Waals surface area contributed by atoms with E-state index in [2.05, 4.69) is 5.32 Å². The quantitative estimate of drug-likeness (QED) is 0.144. The highest BCUT2D eigenvalue weighted by Gasteiger charge is 2.34. The monoisotopic (exact) mass is 679 g/mol. The molecule has 0 radical (unpaired) electrons. The third-order valence-electron chi connectivity index (χ3n) is 7.68. The molecule has 1 unspecified atom stereocenters. The molecule has 0 saturated carbocycles. The minimum absolute atomic E-state index is 0.0222. The molecule has 0 heterocycles. The van der Waals surface area contributed by atoms with E-state index in [0.717, 1.165) is 28.3 Å². The zero-order chi connectivity index (χ0) is 34.0. The van der Waals surface area contributed by atoms with Gasteiger partial charge in [0.15, 0.2) is 0 Å². The Labute approximate surface area is 281 Å². The summed E-state index contributed by atoms with van der Waals surface area (Å²) in [6.45, 7) is 3.55. The lowest BCUT2D eigenvalue weighted by atomic mass is 10.0. The molecule has 4 rings (SSSR count). The summed E-state index contributed by atoms with van der Waals surface area (Å²) in [7, 11) is -2.86. The van der Waals surface area contributed by atoms with Gasteiger partial charge in [0.1, 0.15) is 24.2 Å². The van der Waals surface area contributed by atoms with Crippen LogP contribution in [0.1, 0.15) is 36.5 Å². The van der Waals surface area contributed by atoms with Crippen molar-refractivity contribution < 1.29 is 27.1 Å². The van der Waals surface area contributed by atoms with E-state index in [1.54, 1.807) is 12.1 Å². The van der Waals surface area contributed by atoms with E-state index < -0.39 is 34.3 Å². The smallest absolute Gasteiger partial charge is 0.264 e. The van der Waals surface area contributed by atoms with Gasteiger partial charge in [-0.05, 0) is 66.9 Å². The zero-order valence-corrected chi connectivity index (χ0v) is 28.2. The normalized spacial score (nSPS) is 11.9. The third-order valence-corrected chi connectivity index (χ3v) is 9.76. The zero-order valence-electron chi connectivity index (χ0n) is 26.7. The van der Waals surface area contributed by atoms with Crippen LogP contribution in [0.5, 0.6) is 5.75 Å². The highest BCUT2D eigenvalue weighted by atomic mass is 35.5. The molecule has 11 heteroatoms. The molecular weight excluding hydrogens is 641 g/mol. The lowest BCUT2D eigenvalue weighted by molar-refractivity contribution is -0.140. The number of halogens is 2. The molecule has 0 bridgehead atoms. The molecule has 1 atom stereocenters. The van der Waals surface area contributed by atoms with E-state index in [1.165, 1.54) is 66.6 Å². The van der Waals surface area contributed by atoms with Gasteiger partial charge < -0.3 is 15.0 Å². The summed E-state index contributed by atoms with van der Waals surface area (Å²) in [6.07, 6.45) is 1.78. The molecule has 0 fully saturated rings. The predicted octanol–water partition coefficient (Wildman–Crippen LogP) is 6.55. The van der Waals surface area contributed by atoms with E-state index in [-0.39, 0.29) is 34.5 Å². The van der Waals surface area contributed by atoms with Gasteiger partial charge in [-0.2, -0.15) is 0 Å². The number of hydrogen-bond donors (Lipinski definition) is 1. The van der Waals surface area contributed by atoms with E-state index in [9.17, 15) is 22.4 Å². The fraction of sp³-hybridized carbons (Fsp3) is 0.278. The molecule has 2 amide bonds. The minimum atomic E-state index is -4.30. The summed E-state index contributed by atoms with van der Waals surface area (Å²) >= 11 is 6.43. The van der Waals surface area contributed by atoms with Crippen molar-refractivity contribution in [3.63, 3.8) is 0 Å². The van der Waals surface area contributed by atoms with Crippen LogP contribution in [0, 0.1) is 12.7 Å². The fourth-order valence-electron chi connectivity index (χ4n) is 5.02. The average Bonchev–Trinajstić information content (AvgIpc) is 3.06. The number of ether oxygens (including phenoxy) is 1. The van der Waals surface area contributed by atoms with Gasteiger partial charge in [0, 0.05) is 19.5 Å². The molecule has 8 nitrogen and oxygen atoms in total. The SMILES string of the molecule is CCCCNC(=O)C(Cc1ccccc1)N(Cc1ccc(F)cc1)C(=O)CN(c1ccc(OC)c(Cl)c1)S(=O)(=O)c1ccc(C)cc1. The Balaban J connectivity index is 1.81. The molecule has 0 spiro atoms. The van der Waals surface area contributed by atoms with Crippen LogP contribution in [0.25, 0.3) is 0 Å². The molecule has 0 aromatic heterocycles. The van der Waals surface area contributed by atoms with Crippen molar-refractivity contribution in [3.8, 4) is 5.75 Å². The third kappa shape index (κ3) is 9.33. The summed E-state index contributed by atoms with van der Waals surface area (Å²) in [5, 5.41) is 3.10. The van der Waals surface area contributed by atoms with Crippen LogP contribution < -0.4 is 14.4 Å². The van der Waals surface area contributed by atoms with Crippen molar-refractivity contribution >= 4 is 39.1 Å². The maximum atomic E-state index is 14.5. The number of carbonyl (C=O) groups is 2. The maximum Gasteiger partial charge on any atom is 0.264 e. The Morgan fingerprint density at radius 2 is 1.62 bits per heavy atom. The molecule has 1 N–H and O–H groups in total. The van der Waals surface area contributed by atoms with Gasteiger partial charge >= 0.3 is 0 Å². The number of anilines is 1. The first-order valence-corrected chi connectivity index (χ1v) is 17.1. The van der Waals surface area contributed by atoms with Gasteiger partial charge in [0.2, 0.25) is 11.8 Å².